The molecule has 104 valence electrons. The highest BCUT2D eigenvalue weighted by atomic mass is 79.9. The average Bonchev–Trinajstić information content (AvgIpc) is 2.41. The molecule has 0 bridgehead atoms. The van der Waals surface area contributed by atoms with E-state index in [9.17, 15) is 4.79 Å². The Hall–Kier alpha value is -0.750. The molecule has 0 saturated heterocycles. The molecule has 2 rings (SSSR count). The lowest BCUT2D eigenvalue weighted by Gasteiger charge is -2.28. The molecule has 4 nitrogen and oxygen atoms in total. The minimum atomic E-state index is -0.127. The summed E-state index contributed by atoms with van der Waals surface area (Å²) in [6, 6.07) is 1.96. The molecule has 0 radical (unpaired) electrons. The van der Waals surface area contributed by atoms with Gasteiger partial charge < -0.3 is 11.1 Å². The topological polar surface area (TPSA) is 68.0 Å². The van der Waals surface area contributed by atoms with Crippen LogP contribution in [0.1, 0.15) is 36.0 Å². The third kappa shape index (κ3) is 3.86. The third-order valence-corrected chi connectivity index (χ3v) is 4.95. The molecular formula is C13H18BrN3OS. The van der Waals surface area contributed by atoms with E-state index in [0.717, 1.165) is 17.3 Å². The number of anilines is 1. The standard InChI is InChI=1S/C13H18BrN3OS/c1-19-10-4-2-3-9(6-10)17-13(18)11-5-8(14)7-16-12(11)15/h5,7,9-10H,2-4,6H2,1H3,(H2,15,16)(H,17,18). The lowest BCUT2D eigenvalue weighted by molar-refractivity contribution is 0.0929. The van der Waals surface area contributed by atoms with Gasteiger partial charge in [0.25, 0.3) is 5.91 Å². The van der Waals surface area contributed by atoms with E-state index in [1.54, 1.807) is 12.3 Å². The van der Waals surface area contributed by atoms with Crippen LogP contribution in [-0.4, -0.2) is 28.4 Å². The quantitative estimate of drug-likeness (QED) is 0.885. The highest BCUT2D eigenvalue weighted by Gasteiger charge is 2.23. The minimum absolute atomic E-state index is 0.127. The van der Waals surface area contributed by atoms with Crippen molar-refractivity contribution in [2.24, 2.45) is 0 Å². The zero-order valence-electron chi connectivity index (χ0n) is 10.9. The van der Waals surface area contributed by atoms with Crippen LogP contribution in [0, 0.1) is 0 Å². The van der Waals surface area contributed by atoms with Gasteiger partial charge in [0.1, 0.15) is 5.82 Å². The van der Waals surface area contributed by atoms with Crippen molar-refractivity contribution >= 4 is 39.4 Å². The lowest BCUT2D eigenvalue weighted by atomic mass is 9.94. The molecule has 1 heterocycles. The molecule has 1 aliphatic carbocycles. The second-order valence-corrected chi connectivity index (χ2v) is 6.83. The Kier molecular flexibility index (Phi) is 5.10. The van der Waals surface area contributed by atoms with Gasteiger partial charge in [0.05, 0.1) is 5.56 Å². The summed E-state index contributed by atoms with van der Waals surface area (Å²) in [5.74, 6) is 0.149. The maximum absolute atomic E-state index is 12.2. The van der Waals surface area contributed by atoms with Crippen LogP contribution in [0.2, 0.25) is 0 Å². The number of nitrogens with zero attached hydrogens (tertiary/aromatic N) is 1. The zero-order chi connectivity index (χ0) is 13.8. The second-order valence-electron chi connectivity index (χ2n) is 4.78. The number of aromatic nitrogens is 1. The molecule has 1 aliphatic rings. The van der Waals surface area contributed by atoms with E-state index in [2.05, 4.69) is 32.5 Å². The molecule has 1 saturated carbocycles. The summed E-state index contributed by atoms with van der Waals surface area (Å²) in [5.41, 5.74) is 6.20. The molecule has 3 N–H and O–H groups in total. The molecule has 1 aromatic heterocycles. The number of hydrogen-bond acceptors (Lipinski definition) is 4. The monoisotopic (exact) mass is 343 g/mol. The van der Waals surface area contributed by atoms with E-state index < -0.39 is 0 Å². The molecule has 19 heavy (non-hydrogen) atoms. The summed E-state index contributed by atoms with van der Waals surface area (Å²) in [6.45, 7) is 0. The number of carbonyl (C=O) groups is 1. The summed E-state index contributed by atoms with van der Waals surface area (Å²) in [4.78, 5) is 16.2. The summed E-state index contributed by atoms with van der Waals surface area (Å²) in [5, 5.41) is 3.72. The number of nitrogen functional groups attached to an aromatic ring is 1. The Morgan fingerprint density at radius 3 is 3.11 bits per heavy atom. The largest absolute Gasteiger partial charge is 0.383 e. The Balaban J connectivity index is 2.02. The fourth-order valence-corrected chi connectivity index (χ4v) is 3.54. The predicted octanol–water partition coefficient (Wildman–Crippen LogP) is 2.83. The number of halogens is 1. The van der Waals surface area contributed by atoms with Crippen LogP contribution < -0.4 is 11.1 Å². The number of thioether (sulfide) groups is 1. The van der Waals surface area contributed by atoms with E-state index in [1.807, 2.05) is 11.8 Å². The average molecular weight is 344 g/mol. The number of rotatable bonds is 3. The summed E-state index contributed by atoms with van der Waals surface area (Å²) in [7, 11) is 0. The number of amides is 1. The third-order valence-electron chi connectivity index (χ3n) is 3.42. The Bertz CT molecular complexity index is 469. The second kappa shape index (κ2) is 6.61. The summed E-state index contributed by atoms with van der Waals surface area (Å²) >= 11 is 5.19. The first-order chi connectivity index (χ1) is 9.10. The van der Waals surface area contributed by atoms with Gasteiger partial charge in [-0.15, -0.1) is 0 Å². The van der Waals surface area contributed by atoms with Gasteiger partial charge in [0.2, 0.25) is 0 Å². The summed E-state index contributed by atoms with van der Waals surface area (Å²) in [6.07, 6.45) is 8.22. The first-order valence-corrected chi connectivity index (χ1v) is 8.43. The normalized spacial score (nSPS) is 23.1. The molecule has 1 aromatic rings. The van der Waals surface area contributed by atoms with E-state index in [0.29, 0.717) is 10.8 Å². The maximum atomic E-state index is 12.2. The highest BCUT2D eigenvalue weighted by Crippen LogP contribution is 2.27. The molecule has 0 aliphatic heterocycles. The van der Waals surface area contributed by atoms with Crippen molar-refractivity contribution in [1.29, 1.82) is 0 Å². The summed E-state index contributed by atoms with van der Waals surface area (Å²) < 4.78 is 0.762. The van der Waals surface area contributed by atoms with Gasteiger partial charge in [0, 0.05) is 22.0 Å². The van der Waals surface area contributed by atoms with Crippen molar-refractivity contribution in [2.45, 2.75) is 37.0 Å². The van der Waals surface area contributed by atoms with Gasteiger partial charge in [-0.1, -0.05) is 6.42 Å². The van der Waals surface area contributed by atoms with Gasteiger partial charge in [-0.3, -0.25) is 4.79 Å². The van der Waals surface area contributed by atoms with Gasteiger partial charge in [0.15, 0.2) is 0 Å². The van der Waals surface area contributed by atoms with E-state index in [1.165, 1.54) is 12.8 Å². The molecule has 1 amide bonds. The van der Waals surface area contributed by atoms with Gasteiger partial charge in [-0.2, -0.15) is 11.8 Å². The van der Waals surface area contributed by atoms with Crippen molar-refractivity contribution in [3.05, 3.63) is 22.3 Å². The molecular weight excluding hydrogens is 326 g/mol. The number of nitrogens with two attached hydrogens (primary N) is 1. The van der Waals surface area contributed by atoms with E-state index in [4.69, 9.17) is 5.73 Å². The van der Waals surface area contributed by atoms with Gasteiger partial charge in [-0.05, 0) is 47.5 Å². The molecule has 2 atom stereocenters. The number of nitrogens with one attached hydrogen (secondary N) is 1. The van der Waals surface area contributed by atoms with Crippen molar-refractivity contribution in [1.82, 2.24) is 10.3 Å². The van der Waals surface area contributed by atoms with Crippen molar-refractivity contribution in [3.8, 4) is 0 Å². The molecule has 1 fully saturated rings. The van der Waals surface area contributed by atoms with E-state index in [-0.39, 0.29) is 17.8 Å². The van der Waals surface area contributed by atoms with Crippen LogP contribution in [0.15, 0.2) is 16.7 Å². The Labute approximate surface area is 126 Å². The molecule has 6 heteroatoms. The smallest absolute Gasteiger partial charge is 0.255 e. The number of pyridine rings is 1. The highest BCUT2D eigenvalue weighted by molar-refractivity contribution is 9.10. The van der Waals surface area contributed by atoms with Gasteiger partial charge >= 0.3 is 0 Å². The predicted molar refractivity (Wildman–Crippen MR) is 83.4 cm³/mol. The van der Waals surface area contributed by atoms with Crippen molar-refractivity contribution in [2.75, 3.05) is 12.0 Å². The first kappa shape index (κ1) is 14.7. The zero-order valence-corrected chi connectivity index (χ0v) is 13.3. The van der Waals surface area contributed by atoms with Crippen LogP contribution in [0.5, 0.6) is 0 Å². The first-order valence-electron chi connectivity index (χ1n) is 6.35. The van der Waals surface area contributed by atoms with Crippen molar-refractivity contribution < 1.29 is 4.79 Å². The van der Waals surface area contributed by atoms with E-state index >= 15 is 0 Å². The Morgan fingerprint density at radius 2 is 2.37 bits per heavy atom. The SMILES string of the molecule is CSC1CCCC(NC(=O)c2cc(Br)cnc2N)C1. The van der Waals surface area contributed by atoms with Crippen LogP contribution >= 0.6 is 27.7 Å². The lowest BCUT2D eigenvalue weighted by Crippen LogP contribution is -2.39. The Morgan fingerprint density at radius 1 is 1.58 bits per heavy atom. The minimum Gasteiger partial charge on any atom is -0.383 e. The molecule has 0 spiro atoms. The fraction of sp³-hybridized carbons (Fsp3) is 0.538. The number of carbonyl (C=O) groups excluding carboxylic acids is 1. The molecule has 2 unspecified atom stereocenters. The van der Waals surface area contributed by atoms with Crippen LogP contribution in [0.3, 0.4) is 0 Å². The van der Waals surface area contributed by atoms with Crippen LogP contribution in [-0.2, 0) is 0 Å². The maximum Gasteiger partial charge on any atom is 0.255 e. The van der Waals surface area contributed by atoms with Gasteiger partial charge in [-0.25, -0.2) is 4.98 Å². The number of hydrogen-bond donors (Lipinski definition) is 2. The molecule has 0 aromatic carbocycles. The van der Waals surface area contributed by atoms with Crippen molar-refractivity contribution in [3.63, 3.8) is 0 Å². The van der Waals surface area contributed by atoms with Crippen LogP contribution in [0.25, 0.3) is 0 Å². The fourth-order valence-electron chi connectivity index (χ4n) is 2.38. The van der Waals surface area contributed by atoms with Crippen LogP contribution in [0.4, 0.5) is 5.82 Å².